The van der Waals surface area contributed by atoms with Gasteiger partial charge in [-0.15, -0.1) is 0 Å². The van der Waals surface area contributed by atoms with E-state index < -0.39 is 21.6 Å². The van der Waals surface area contributed by atoms with Crippen molar-refractivity contribution < 1.29 is 22.7 Å². The van der Waals surface area contributed by atoms with E-state index in [1.54, 1.807) is 30.3 Å². The van der Waals surface area contributed by atoms with Crippen LogP contribution in [0.2, 0.25) is 0 Å². The van der Waals surface area contributed by atoms with E-state index in [0.29, 0.717) is 23.7 Å². The maximum atomic E-state index is 14.3. The summed E-state index contributed by atoms with van der Waals surface area (Å²) in [4.78, 5) is 14.6. The fourth-order valence-electron chi connectivity index (χ4n) is 3.35. The Morgan fingerprint density at radius 1 is 1.07 bits per heavy atom. The number of halogens is 1. The number of sulfone groups is 1. The third-order valence-electron chi connectivity index (χ3n) is 4.68. The largest absolute Gasteiger partial charge is 0.481 e. The van der Waals surface area contributed by atoms with Gasteiger partial charge in [0.1, 0.15) is 5.82 Å². The van der Waals surface area contributed by atoms with Gasteiger partial charge in [-0.3, -0.25) is 4.79 Å². The van der Waals surface area contributed by atoms with E-state index in [4.69, 9.17) is 5.11 Å². The number of benzene rings is 2. The van der Waals surface area contributed by atoms with Crippen molar-refractivity contribution in [2.45, 2.75) is 31.1 Å². The van der Waals surface area contributed by atoms with Crippen LogP contribution >= 0.6 is 0 Å². The lowest BCUT2D eigenvalue weighted by Crippen LogP contribution is -2.04. The highest BCUT2D eigenvalue weighted by Crippen LogP contribution is 2.29. The summed E-state index contributed by atoms with van der Waals surface area (Å²) in [5, 5.41) is 9.75. The number of carboxylic acids is 1. The SMILES string of the molecule is Cc1[nH]c2ccc(F)c(CC(=O)O)c2c1CCc1ccc(S(C)(=O)=O)cc1. The molecule has 0 aliphatic heterocycles. The van der Waals surface area contributed by atoms with Crippen molar-refractivity contribution >= 4 is 26.7 Å². The lowest BCUT2D eigenvalue weighted by atomic mass is 9.97. The third kappa shape index (κ3) is 4.03. The van der Waals surface area contributed by atoms with E-state index in [-0.39, 0.29) is 16.9 Å². The Morgan fingerprint density at radius 2 is 1.74 bits per heavy atom. The van der Waals surface area contributed by atoms with Crippen LogP contribution in [0.15, 0.2) is 41.3 Å². The fraction of sp³-hybridized carbons (Fsp3) is 0.250. The zero-order valence-corrected chi connectivity index (χ0v) is 15.9. The molecule has 0 saturated heterocycles. The average Bonchev–Trinajstić information content (AvgIpc) is 2.90. The first-order valence-corrected chi connectivity index (χ1v) is 10.4. The number of nitrogens with one attached hydrogen (secondary N) is 1. The summed E-state index contributed by atoms with van der Waals surface area (Å²) >= 11 is 0. The molecule has 0 aliphatic carbocycles. The van der Waals surface area contributed by atoms with E-state index in [2.05, 4.69) is 4.98 Å². The van der Waals surface area contributed by atoms with Gasteiger partial charge >= 0.3 is 5.97 Å². The molecule has 0 amide bonds. The first-order chi connectivity index (χ1) is 12.7. The van der Waals surface area contributed by atoms with Crippen molar-refractivity contribution in [2.24, 2.45) is 0 Å². The second-order valence-corrected chi connectivity index (χ2v) is 8.68. The molecular formula is C20H20FNO4S. The number of rotatable bonds is 6. The third-order valence-corrected chi connectivity index (χ3v) is 5.80. The molecule has 5 nitrogen and oxygen atoms in total. The lowest BCUT2D eigenvalue weighted by molar-refractivity contribution is -0.136. The Kier molecular flexibility index (Phi) is 5.06. The topological polar surface area (TPSA) is 87.2 Å². The summed E-state index contributed by atoms with van der Waals surface area (Å²) in [5.41, 5.74) is 3.61. The molecule has 142 valence electrons. The van der Waals surface area contributed by atoms with Crippen molar-refractivity contribution in [3.05, 3.63) is 64.6 Å². The number of hydrogen-bond acceptors (Lipinski definition) is 3. The molecule has 0 aliphatic rings. The Bertz CT molecular complexity index is 1120. The van der Waals surface area contributed by atoms with Gasteiger partial charge in [-0.2, -0.15) is 0 Å². The number of aliphatic carboxylic acids is 1. The Morgan fingerprint density at radius 3 is 2.33 bits per heavy atom. The van der Waals surface area contributed by atoms with Crippen LogP contribution in [0, 0.1) is 12.7 Å². The molecule has 27 heavy (non-hydrogen) atoms. The lowest BCUT2D eigenvalue weighted by Gasteiger charge is -2.08. The highest BCUT2D eigenvalue weighted by atomic mass is 32.2. The van der Waals surface area contributed by atoms with Gasteiger partial charge < -0.3 is 10.1 Å². The first-order valence-electron chi connectivity index (χ1n) is 8.46. The van der Waals surface area contributed by atoms with Crippen LogP contribution in [0.5, 0.6) is 0 Å². The fourth-order valence-corrected chi connectivity index (χ4v) is 3.98. The summed E-state index contributed by atoms with van der Waals surface area (Å²) in [6, 6.07) is 9.57. The summed E-state index contributed by atoms with van der Waals surface area (Å²) in [5.74, 6) is -1.61. The van der Waals surface area contributed by atoms with E-state index in [0.717, 1.165) is 23.1 Å². The van der Waals surface area contributed by atoms with Gasteiger partial charge in [-0.25, -0.2) is 12.8 Å². The smallest absolute Gasteiger partial charge is 0.307 e. The van der Waals surface area contributed by atoms with Gasteiger partial charge in [0.25, 0.3) is 0 Å². The van der Waals surface area contributed by atoms with Crippen LogP contribution in [0.1, 0.15) is 22.4 Å². The Labute approximate surface area is 156 Å². The van der Waals surface area contributed by atoms with E-state index in [1.165, 1.54) is 6.07 Å². The first kappa shape index (κ1) is 19.1. The van der Waals surface area contributed by atoms with E-state index in [9.17, 15) is 17.6 Å². The quantitative estimate of drug-likeness (QED) is 0.676. The van der Waals surface area contributed by atoms with Gasteiger partial charge in [0, 0.05) is 28.4 Å². The predicted octanol–water partition coefficient (Wildman–Crippen LogP) is 3.43. The molecule has 0 bridgehead atoms. The van der Waals surface area contributed by atoms with Crippen LogP contribution in [0.4, 0.5) is 4.39 Å². The zero-order valence-electron chi connectivity index (χ0n) is 15.0. The van der Waals surface area contributed by atoms with E-state index >= 15 is 0 Å². The Hall–Kier alpha value is -2.67. The average molecular weight is 389 g/mol. The van der Waals surface area contributed by atoms with Crippen LogP contribution in [0.25, 0.3) is 10.9 Å². The normalized spacial score (nSPS) is 11.8. The van der Waals surface area contributed by atoms with Crippen molar-refractivity contribution in [3.8, 4) is 0 Å². The Balaban J connectivity index is 1.94. The van der Waals surface area contributed by atoms with Crippen LogP contribution < -0.4 is 0 Å². The monoisotopic (exact) mass is 389 g/mol. The molecule has 3 aromatic rings. The number of fused-ring (bicyclic) bond motifs is 1. The molecule has 0 radical (unpaired) electrons. The van der Waals surface area contributed by atoms with Crippen LogP contribution in [-0.2, 0) is 33.9 Å². The van der Waals surface area contributed by atoms with Gasteiger partial charge in [-0.05, 0) is 55.2 Å². The molecule has 0 spiro atoms. The zero-order chi connectivity index (χ0) is 19.8. The molecule has 7 heteroatoms. The van der Waals surface area contributed by atoms with Gasteiger partial charge in [0.2, 0.25) is 0 Å². The van der Waals surface area contributed by atoms with Crippen molar-refractivity contribution in [1.29, 1.82) is 0 Å². The van der Waals surface area contributed by atoms with Crippen molar-refractivity contribution in [2.75, 3.05) is 6.26 Å². The molecule has 1 aromatic heterocycles. The van der Waals surface area contributed by atoms with E-state index in [1.807, 2.05) is 6.92 Å². The standard InChI is InChI=1S/C20H20FNO4S/c1-12-15(8-5-13-3-6-14(7-4-13)27(2,25)26)20-16(11-19(23)24)17(21)9-10-18(20)22-12/h3-4,6-7,9-10,22H,5,8,11H2,1-2H3,(H,23,24). The minimum atomic E-state index is -3.24. The molecule has 0 atom stereocenters. The maximum Gasteiger partial charge on any atom is 0.307 e. The van der Waals surface area contributed by atoms with Gasteiger partial charge in [0.05, 0.1) is 11.3 Å². The van der Waals surface area contributed by atoms with Gasteiger partial charge in [0.15, 0.2) is 9.84 Å². The number of carboxylic acid groups (broad SMARTS) is 1. The molecule has 2 aromatic carbocycles. The number of aromatic amines is 1. The summed E-state index contributed by atoms with van der Waals surface area (Å²) < 4.78 is 37.4. The number of aromatic nitrogens is 1. The molecule has 2 N–H and O–H groups in total. The molecule has 1 heterocycles. The highest BCUT2D eigenvalue weighted by molar-refractivity contribution is 7.90. The molecule has 3 rings (SSSR count). The second-order valence-electron chi connectivity index (χ2n) is 6.66. The van der Waals surface area contributed by atoms with Crippen LogP contribution in [0.3, 0.4) is 0 Å². The highest BCUT2D eigenvalue weighted by Gasteiger charge is 2.18. The predicted molar refractivity (Wildman–Crippen MR) is 101 cm³/mol. The minimum absolute atomic E-state index is 0.187. The summed E-state index contributed by atoms with van der Waals surface area (Å²) in [6.07, 6.45) is 1.99. The number of H-pyrrole nitrogens is 1. The van der Waals surface area contributed by atoms with Gasteiger partial charge in [-0.1, -0.05) is 12.1 Å². The minimum Gasteiger partial charge on any atom is -0.481 e. The number of hydrogen-bond donors (Lipinski definition) is 2. The second kappa shape index (κ2) is 7.15. The summed E-state index contributed by atoms with van der Waals surface area (Å²) in [6.45, 7) is 1.88. The maximum absolute atomic E-state index is 14.3. The number of carbonyl (C=O) groups is 1. The summed E-state index contributed by atoms with van der Waals surface area (Å²) in [7, 11) is -3.24. The van der Waals surface area contributed by atoms with Crippen molar-refractivity contribution in [1.82, 2.24) is 4.98 Å². The molecule has 0 unspecified atom stereocenters. The number of aryl methyl sites for hydroxylation is 3. The molecule has 0 saturated carbocycles. The molecular weight excluding hydrogens is 369 g/mol. The van der Waals surface area contributed by atoms with Crippen LogP contribution in [-0.4, -0.2) is 30.7 Å². The van der Waals surface area contributed by atoms with Crippen molar-refractivity contribution in [3.63, 3.8) is 0 Å². The molecule has 0 fully saturated rings.